The predicted molar refractivity (Wildman–Crippen MR) is 75.0 cm³/mol. The molecule has 1 heterocycles. The average Bonchev–Trinajstić information content (AvgIpc) is 2.79. The van der Waals surface area contributed by atoms with Gasteiger partial charge in [0.25, 0.3) is 17.5 Å². The van der Waals surface area contributed by atoms with Gasteiger partial charge in [0.2, 0.25) is 0 Å². The van der Waals surface area contributed by atoms with E-state index in [1.54, 1.807) is 0 Å². The Hall–Kier alpha value is -3.55. The van der Waals surface area contributed by atoms with Crippen LogP contribution in [0.1, 0.15) is 31.1 Å². The van der Waals surface area contributed by atoms with Gasteiger partial charge in [-0.25, -0.2) is 4.90 Å². The van der Waals surface area contributed by atoms with Gasteiger partial charge in [-0.2, -0.15) is 0 Å². The standard InChI is InChI=1S/C15H8N2O6/c18-13-10-5-2-6-11(17(22)23)12(10)14(19)16(13)9-4-1-3-8(7-9)15(20)21/h1-7H,(H,20,21)/p-1. The summed E-state index contributed by atoms with van der Waals surface area (Å²) < 4.78 is 0. The first kappa shape index (κ1) is 14.4. The summed E-state index contributed by atoms with van der Waals surface area (Å²) >= 11 is 0. The summed E-state index contributed by atoms with van der Waals surface area (Å²) in [5.74, 6) is -3.08. The van der Waals surface area contributed by atoms with Crippen molar-refractivity contribution in [3.63, 3.8) is 0 Å². The zero-order valence-corrected chi connectivity index (χ0v) is 11.4. The molecule has 0 spiro atoms. The number of carbonyl (C=O) groups excluding carboxylic acids is 3. The molecule has 0 atom stereocenters. The van der Waals surface area contributed by atoms with E-state index in [1.165, 1.54) is 30.3 Å². The van der Waals surface area contributed by atoms with Crippen LogP contribution >= 0.6 is 0 Å². The van der Waals surface area contributed by atoms with Crippen molar-refractivity contribution in [3.05, 3.63) is 69.3 Å². The van der Waals surface area contributed by atoms with Crippen molar-refractivity contribution in [3.8, 4) is 0 Å². The molecule has 0 aromatic heterocycles. The number of carboxylic acids is 1. The van der Waals surface area contributed by atoms with Crippen LogP contribution in [-0.2, 0) is 0 Å². The molecule has 23 heavy (non-hydrogen) atoms. The number of hydrogen-bond acceptors (Lipinski definition) is 6. The molecule has 2 amide bonds. The third-order valence-corrected chi connectivity index (χ3v) is 3.43. The molecule has 0 saturated carbocycles. The van der Waals surface area contributed by atoms with Crippen LogP contribution in [0.4, 0.5) is 11.4 Å². The van der Waals surface area contributed by atoms with E-state index < -0.39 is 28.4 Å². The highest BCUT2D eigenvalue weighted by molar-refractivity contribution is 6.35. The van der Waals surface area contributed by atoms with E-state index in [0.717, 1.165) is 12.1 Å². The van der Waals surface area contributed by atoms with Gasteiger partial charge in [0.1, 0.15) is 5.56 Å². The number of nitro groups is 1. The smallest absolute Gasteiger partial charge is 0.283 e. The number of rotatable bonds is 3. The first-order chi connectivity index (χ1) is 10.9. The molecule has 0 aliphatic carbocycles. The van der Waals surface area contributed by atoms with E-state index >= 15 is 0 Å². The Morgan fingerprint density at radius 1 is 1.04 bits per heavy atom. The molecule has 1 aliphatic heterocycles. The number of nitrogens with zero attached hydrogens (tertiary/aromatic N) is 2. The zero-order valence-electron chi connectivity index (χ0n) is 11.4. The molecule has 2 aromatic rings. The lowest BCUT2D eigenvalue weighted by Gasteiger charge is -2.15. The van der Waals surface area contributed by atoms with Gasteiger partial charge in [-0.3, -0.25) is 19.7 Å². The number of carbonyl (C=O) groups is 3. The molecule has 0 bridgehead atoms. The molecule has 0 saturated heterocycles. The van der Waals surface area contributed by atoms with Crippen LogP contribution < -0.4 is 10.0 Å². The maximum Gasteiger partial charge on any atom is 0.283 e. The maximum absolute atomic E-state index is 12.5. The maximum atomic E-state index is 12.5. The molecular weight excluding hydrogens is 304 g/mol. The molecule has 2 aromatic carbocycles. The highest BCUT2D eigenvalue weighted by atomic mass is 16.6. The fraction of sp³-hybridized carbons (Fsp3) is 0. The second kappa shape index (κ2) is 5.02. The van der Waals surface area contributed by atoms with Gasteiger partial charge in [-0.05, 0) is 23.8 Å². The van der Waals surface area contributed by atoms with Crippen LogP contribution in [-0.4, -0.2) is 22.7 Å². The number of nitro benzene ring substituents is 1. The largest absolute Gasteiger partial charge is 0.545 e. The fourth-order valence-electron chi connectivity index (χ4n) is 2.43. The van der Waals surface area contributed by atoms with Gasteiger partial charge >= 0.3 is 0 Å². The summed E-state index contributed by atoms with van der Waals surface area (Å²) in [7, 11) is 0. The van der Waals surface area contributed by atoms with E-state index in [4.69, 9.17) is 0 Å². The number of fused-ring (bicyclic) bond motifs is 1. The van der Waals surface area contributed by atoms with Crippen LogP contribution in [0.25, 0.3) is 0 Å². The van der Waals surface area contributed by atoms with E-state index in [1.807, 2.05) is 0 Å². The Morgan fingerprint density at radius 2 is 1.74 bits per heavy atom. The van der Waals surface area contributed by atoms with Gasteiger partial charge in [-0.1, -0.05) is 18.2 Å². The van der Waals surface area contributed by atoms with Crippen molar-refractivity contribution < 1.29 is 24.4 Å². The van der Waals surface area contributed by atoms with E-state index in [9.17, 15) is 29.6 Å². The zero-order chi connectivity index (χ0) is 16.7. The topological polar surface area (TPSA) is 121 Å². The van der Waals surface area contributed by atoms with Crippen molar-refractivity contribution in [1.29, 1.82) is 0 Å². The van der Waals surface area contributed by atoms with Crippen molar-refractivity contribution in [2.75, 3.05) is 4.90 Å². The summed E-state index contributed by atoms with van der Waals surface area (Å²) in [5.41, 5.74) is -1.08. The van der Waals surface area contributed by atoms with E-state index in [-0.39, 0.29) is 22.4 Å². The second-order valence-electron chi connectivity index (χ2n) is 4.74. The van der Waals surface area contributed by atoms with E-state index in [0.29, 0.717) is 4.90 Å². The van der Waals surface area contributed by atoms with Crippen molar-refractivity contribution >= 4 is 29.2 Å². The molecule has 114 valence electrons. The first-order valence-electron chi connectivity index (χ1n) is 6.39. The molecule has 0 radical (unpaired) electrons. The number of aromatic carboxylic acids is 1. The second-order valence-corrected chi connectivity index (χ2v) is 4.74. The van der Waals surface area contributed by atoms with Crippen molar-refractivity contribution in [2.45, 2.75) is 0 Å². The van der Waals surface area contributed by atoms with Crippen LogP contribution in [0.5, 0.6) is 0 Å². The number of carboxylic acid groups (broad SMARTS) is 1. The lowest BCUT2D eigenvalue weighted by atomic mass is 10.1. The number of anilines is 1. The normalized spacial score (nSPS) is 13.1. The molecular formula is C15H7N2O6-. The molecule has 8 nitrogen and oxygen atoms in total. The third-order valence-electron chi connectivity index (χ3n) is 3.43. The van der Waals surface area contributed by atoms with Gasteiger partial charge in [0, 0.05) is 6.07 Å². The minimum atomic E-state index is -1.46. The fourth-order valence-corrected chi connectivity index (χ4v) is 2.43. The Bertz CT molecular complexity index is 889. The summed E-state index contributed by atoms with van der Waals surface area (Å²) in [4.78, 5) is 46.7. The number of hydrogen-bond donors (Lipinski definition) is 0. The first-order valence-corrected chi connectivity index (χ1v) is 6.39. The molecule has 0 N–H and O–H groups in total. The minimum absolute atomic E-state index is 0.00666. The molecule has 0 unspecified atom stereocenters. The van der Waals surface area contributed by atoms with Crippen LogP contribution in [0.3, 0.4) is 0 Å². The monoisotopic (exact) mass is 311 g/mol. The number of benzene rings is 2. The molecule has 8 heteroatoms. The van der Waals surface area contributed by atoms with Gasteiger partial charge in [-0.15, -0.1) is 0 Å². The highest BCUT2D eigenvalue weighted by Crippen LogP contribution is 2.33. The lowest BCUT2D eigenvalue weighted by molar-refractivity contribution is -0.385. The van der Waals surface area contributed by atoms with Gasteiger partial charge in [0.15, 0.2) is 0 Å². The Labute approximate surface area is 128 Å². The van der Waals surface area contributed by atoms with Gasteiger partial charge in [0.05, 0.1) is 22.1 Å². The highest BCUT2D eigenvalue weighted by Gasteiger charge is 2.41. The SMILES string of the molecule is O=C([O-])c1cccc(N2C(=O)c3cccc([N+](=O)[O-])c3C2=O)c1. The molecule has 1 aliphatic rings. The summed E-state index contributed by atoms with van der Waals surface area (Å²) in [6.45, 7) is 0. The molecule has 0 fully saturated rings. The number of imide groups is 1. The third kappa shape index (κ3) is 2.13. The Kier molecular flexibility index (Phi) is 3.14. The van der Waals surface area contributed by atoms with Crippen LogP contribution in [0.2, 0.25) is 0 Å². The summed E-state index contributed by atoms with van der Waals surface area (Å²) in [6.07, 6.45) is 0. The number of amides is 2. The quantitative estimate of drug-likeness (QED) is 0.468. The lowest BCUT2D eigenvalue weighted by Crippen LogP contribution is -2.30. The van der Waals surface area contributed by atoms with Crippen LogP contribution in [0, 0.1) is 10.1 Å². The van der Waals surface area contributed by atoms with Crippen LogP contribution in [0.15, 0.2) is 42.5 Å². The summed E-state index contributed by atoms with van der Waals surface area (Å²) in [5, 5.41) is 21.9. The Balaban J connectivity index is 2.14. The Morgan fingerprint density at radius 3 is 2.39 bits per heavy atom. The molecule has 3 rings (SSSR count). The predicted octanol–water partition coefficient (Wildman–Crippen LogP) is 0.759. The summed E-state index contributed by atoms with van der Waals surface area (Å²) in [6, 6.07) is 8.81. The van der Waals surface area contributed by atoms with E-state index in [2.05, 4.69) is 0 Å². The van der Waals surface area contributed by atoms with Crippen molar-refractivity contribution in [1.82, 2.24) is 0 Å². The van der Waals surface area contributed by atoms with Crippen molar-refractivity contribution in [2.24, 2.45) is 0 Å². The minimum Gasteiger partial charge on any atom is -0.545 e. The van der Waals surface area contributed by atoms with Gasteiger partial charge < -0.3 is 9.90 Å². The average molecular weight is 311 g/mol.